The zero-order valence-electron chi connectivity index (χ0n) is 14.4. The Hall–Kier alpha value is -4.21. The highest BCUT2D eigenvalue weighted by molar-refractivity contribution is 6.54. The molecule has 1 amide bonds. The molecule has 140 valence electrons. The van der Waals surface area contributed by atoms with Gasteiger partial charge in [0.2, 0.25) is 23.1 Å². The second-order valence-electron chi connectivity index (χ2n) is 6.85. The monoisotopic (exact) mass is 388 g/mol. The van der Waals surface area contributed by atoms with Crippen LogP contribution in [0.5, 0.6) is 0 Å². The number of nitrogens with zero attached hydrogens (tertiary/aromatic N) is 4. The standard InChI is InChI=1S/C19H9FN6O3/c20-8-5-6-12-11(7-8)19(17(29)21-12)13-14(22-18-23-24-25-26(18)19)9-3-1-2-4-10(9)15(27)16(13)28/h1-7H,(H,21,29)(H,22,23,25). The molecule has 0 saturated heterocycles. The zero-order valence-corrected chi connectivity index (χ0v) is 14.4. The van der Waals surface area contributed by atoms with E-state index in [0.29, 0.717) is 11.3 Å². The largest absolute Gasteiger partial charge is 0.323 e. The molecule has 0 bridgehead atoms. The number of tetrazole rings is 1. The van der Waals surface area contributed by atoms with Crippen LogP contribution < -0.4 is 10.6 Å². The van der Waals surface area contributed by atoms with Gasteiger partial charge >= 0.3 is 0 Å². The number of halogens is 1. The predicted octanol–water partition coefficient (Wildman–Crippen LogP) is 1.11. The number of benzene rings is 2. The van der Waals surface area contributed by atoms with Crippen LogP contribution in [0.4, 0.5) is 16.0 Å². The van der Waals surface area contributed by atoms with Gasteiger partial charge in [0.15, 0.2) is 0 Å². The van der Waals surface area contributed by atoms with Crippen molar-refractivity contribution in [2.24, 2.45) is 0 Å². The fourth-order valence-corrected chi connectivity index (χ4v) is 4.29. The number of hydrogen-bond donors (Lipinski definition) is 2. The molecule has 2 N–H and O–H groups in total. The maximum absolute atomic E-state index is 14.2. The van der Waals surface area contributed by atoms with E-state index in [1.165, 1.54) is 18.2 Å². The van der Waals surface area contributed by atoms with Gasteiger partial charge in [-0.05, 0) is 28.6 Å². The number of nitrogens with one attached hydrogen (secondary N) is 2. The van der Waals surface area contributed by atoms with E-state index in [1.807, 2.05) is 0 Å². The van der Waals surface area contributed by atoms with Crippen molar-refractivity contribution >= 4 is 34.8 Å². The molecule has 1 spiro atoms. The van der Waals surface area contributed by atoms with Crippen LogP contribution >= 0.6 is 0 Å². The summed E-state index contributed by atoms with van der Waals surface area (Å²) in [6, 6.07) is 10.3. The maximum Gasteiger partial charge on any atom is 0.262 e. The van der Waals surface area contributed by atoms with Crippen molar-refractivity contribution in [1.29, 1.82) is 0 Å². The fourth-order valence-electron chi connectivity index (χ4n) is 4.29. The van der Waals surface area contributed by atoms with Crippen molar-refractivity contribution in [3.8, 4) is 0 Å². The first-order valence-corrected chi connectivity index (χ1v) is 8.64. The lowest BCUT2D eigenvalue weighted by molar-refractivity contribution is -0.123. The summed E-state index contributed by atoms with van der Waals surface area (Å²) in [5.41, 5.74) is -0.674. The second kappa shape index (κ2) is 4.98. The Kier molecular flexibility index (Phi) is 2.72. The van der Waals surface area contributed by atoms with Gasteiger partial charge in [0.05, 0.1) is 11.3 Å². The quantitative estimate of drug-likeness (QED) is 0.554. The Balaban J connectivity index is 1.80. The Morgan fingerprint density at radius 2 is 1.76 bits per heavy atom. The van der Waals surface area contributed by atoms with E-state index in [2.05, 4.69) is 26.2 Å². The van der Waals surface area contributed by atoms with Crippen molar-refractivity contribution in [1.82, 2.24) is 20.2 Å². The normalized spacial score (nSPS) is 21.3. The lowest BCUT2D eigenvalue weighted by Crippen LogP contribution is -2.52. The maximum atomic E-state index is 14.2. The minimum Gasteiger partial charge on any atom is -0.323 e. The molecular formula is C19H9FN6O3. The number of ketones is 2. The van der Waals surface area contributed by atoms with Crippen molar-refractivity contribution in [2.75, 3.05) is 10.6 Å². The van der Waals surface area contributed by atoms with Crippen LogP contribution in [0.1, 0.15) is 21.5 Å². The summed E-state index contributed by atoms with van der Waals surface area (Å²) < 4.78 is 15.3. The number of fused-ring (bicyclic) bond motifs is 7. The van der Waals surface area contributed by atoms with E-state index in [0.717, 1.165) is 10.7 Å². The predicted molar refractivity (Wildman–Crippen MR) is 96.2 cm³/mol. The summed E-state index contributed by atoms with van der Waals surface area (Å²) in [4.78, 5) is 39.4. The molecule has 0 saturated carbocycles. The summed E-state index contributed by atoms with van der Waals surface area (Å²) in [5, 5.41) is 17.0. The van der Waals surface area contributed by atoms with E-state index in [-0.39, 0.29) is 28.3 Å². The minimum absolute atomic E-state index is 0.0907. The molecule has 1 aliphatic carbocycles. The molecule has 1 atom stereocenters. The summed E-state index contributed by atoms with van der Waals surface area (Å²) in [6.07, 6.45) is 0. The Morgan fingerprint density at radius 1 is 0.966 bits per heavy atom. The molecule has 1 unspecified atom stereocenters. The molecule has 0 radical (unpaired) electrons. The first-order chi connectivity index (χ1) is 14.0. The zero-order chi connectivity index (χ0) is 19.9. The molecule has 3 aromatic rings. The van der Waals surface area contributed by atoms with Gasteiger partial charge in [-0.1, -0.05) is 29.4 Å². The number of anilines is 2. The van der Waals surface area contributed by atoms with E-state index < -0.39 is 28.8 Å². The highest BCUT2D eigenvalue weighted by Gasteiger charge is 2.61. The Labute approximate surface area is 161 Å². The number of aromatic nitrogens is 4. The third-order valence-corrected chi connectivity index (χ3v) is 5.46. The molecule has 0 fully saturated rings. The first kappa shape index (κ1) is 15.8. The average molecular weight is 388 g/mol. The van der Waals surface area contributed by atoms with Gasteiger partial charge in [-0.3, -0.25) is 14.4 Å². The summed E-state index contributed by atoms with van der Waals surface area (Å²) in [6.45, 7) is 0. The number of hydrogen-bond acceptors (Lipinski definition) is 7. The molecular weight excluding hydrogens is 379 g/mol. The van der Waals surface area contributed by atoms with E-state index in [9.17, 15) is 18.8 Å². The summed E-state index contributed by atoms with van der Waals surface area (Å²) >= 11 is 0. The van der Waals surface area contributed by atoms with Crippen molar-refractivity contribution in [3.63, 3.8) is 0 Å². The SMILES string of the molecule is O=C1C(=O)c2ccccc2C2=C1C1(C(=O)Nc3ccc(F)cc31)n1nnnc1N2. The Bertz CT molecular complexity index is 1340. The number of amides is 1. The average Bonchev–Trinajstić information content (AvgIpc) is 3.30. The molecule has 3 heterocycles. The molecule has 29 heavy (non-hydrogen) atoms. The minimum atomic E-state index is -1.91. The highest BCUT2D eigenvalue weighted by Crippen LogP contribution is 2.51. The third-order valence-electron chi connectivity index (χ3n) is 5.46. The van der Waals surface area contributed by atoms with Gasteiger partial charge < -0.3 is 10.6 Å². The van der Waals surface area contributed by atoms with Crippen LogP contribution in [0.2, 0.25) is 0 Å². The van der Waals surface area contributed by atoms with Crippen molar-refractivity contribution in [2.45, 2.75) is 5.54 Å². The van der Waals surface area contributed by atoms with Crippen LogP contribution in [0, 0.1) is 5.82 Å². The number of rotatable bonds is 0. The molecule has 6 rings (SSSR count). The number of Topliss-reactive ketones (excluding diaryl/α,β-unsaturated/α-hetero) is 2. The van der Waals surface area contributed by atoms with Crippen LogP contribution in [0.15, 0.2) is 48.0 Å². The Morgan fingerprint density at radius 3 is 2.59 bits per heavy atom. The number of carbonyl (C=O) groups excluding carboxylic acids is 3. The van der Waals surface area contributed by atoms with Crippen LogP contribution in [0.25, 0.3) is 5.70 Å². The topological polar surface area (TPSA) is 119 Å². The van der Waals surface area contributed by atoms with E-state index in [1.54, 1.807) is 18.2 Å². The smallest absolute Gasteiger partial charge is 0.262 e. The highest BCUT2D eigenvalue weighted by atomic mass is 19.1. The van der Waals surface area contributed by atoms with Gasteiger partial charge in [-0.15, -0.1) is 0 Å². The fraction of sp³-hybridized carbons (Fsp3) is 0.0526. The van der Waals surface area contributed by atoms with Gasteiger partial charge in [0, 0.05) is 22.4 Å². The molecule has 2 aromatic carbocycles. The number of carbonyl (C=O) groups is 3. The third kappa shape index (κ3) is 1.69. The van der Waals surface area contributed by atoms with Crippen LogP contribution in [-0.4, -0.2) is 37.7 Å². The summed E-state index contributed by atoms with van der Waals surface area (Å²) in [5.74, 6) is -2.80. The molecule has 9 nitrogen and oxygen atoms in total. The lowest BCUT2D eigenvalue weighted by atomic mass is 9.73. The van der Waals surface area contributed by atoms with Gasteiger partial charge in [-0.25, -0.2) is 4.39 Å². The van der Waals surface area contributed by atoms with Gasteiger partial charge in [0.1, 0.15) is 5.82 Å². The first-order valence-electron chi connectivity index (χ1n) is 8.64. The lowest BCUT2D eigenvalue weighted by Gasteiger charge is -2.37. The van der Waals surface area contributed by atoms with Gasteiger partial charge in [0.25, 0.3) is 5.91 Å². The van der Waals surface area contributed by atoms with Crippen molar-refractivity contribution in [3.05, 3.63) is 70.5 Å². The van der Waals surface area contributed by atoms with Crippen LogP contribution in [0.3, 0.4) is 0 Å². The van der Waals surface area contributed by atoms with Gasteiger partial charge in [-0.2, -0.15) is 4.68 Å². The van der Waals surface area contributed by atoms with Crippen molar-refractivity contribution < 1.29 is 18.8 Å². The molecule has 3 aliphatic rings. The summed E-state index contributed by atoms with van der Waals surface area (Å²) in [7, 11) is 0. The second-order valence-corrected chi connectivity index (χ2v) is 6.85. The molecule has 1 aromatic heterocycles. The molecule has 10 heteroatoms. The van der Waals surface area contributed by atoms with E-state index >= 15 is 0 Å². The van der Waals surface area contributed by atoms with Crippen LogP contribution in [-0.2, 0) is 15.1 Å². The molecule has 2 aliphatic heterocycles. The van der Waals surface area contributed by atoms with E-state index in [4.69, 9.17) is 0 Å².